The summed E-state index contributed by atoms with van der Waals surface area (Å²) in [4.78, 5) is 23.6. The highest BCUT2D eigenvalue weighted by atomic mass is 16.5. The van der Waals surface area contributed by atoms with E-state index >= 15 is 0 Å². The molecule has 0 bridgehead atoms. The minimum absolute atomic E-state index is 0.0335. The molecule has 4 nitrogen and oxygen atoms in total. The fourth-order valence-electron chi connectivity index (χ4n) is 3.74. The molecule has 0 aliphatic heterocycles. The van der Waals surface area contributed by atoms with Gasteiger partial charge in [0.25, 0.3) is 0 Å². The molecule has 4 heteroatoms. The van der Waals surface area contributed by atoms with Gasteiger partial charge in [-0.25, -0.2) is 0 Å². The van der Waals surface area contributed by atoms with Crippen molar-refractivity contribution in [2.45, 2.75) is 97.5 Å². The summed E-state index contributed by atoms with van der Waals surface area (Å²) in [5.41, 5.74) is 0. The number of unbranched alkanes of at least 4 members (excludes halogenated alkanes) is 2. The molecule has 1 aliphatic rings. The van der Waals surface area contributed by atoms with Crippen LogP contribution in [0, 0.1) is 17.8 Å². The standard InChI is InChI=1S/C20H36O4/c1-4-7-9-15(6-3)18(10-8-5-2)24-20(23)17-13-11-16(12-14-17)19(21)22/h15-18H,4-14H2,1-3H3,(H,21,22). The maximum Gasteiger partial charge on any atom is 0.309 e. The van der Waals surface area contributed by atoms with Crippen LogP contribution in [0.3, 0.4) is 0 Å². The second-order valence-corrected chi connectivity index (χ2v) is 7.31. The zero-order chi connectivity index (χ0) is 17.9. The van der Waals surface area contributed by atoms with Crippen LogP contribution in [0.2, 0.25) is 0 Å². The van der Waals surface area contributed by atoms with E-state index in [4.69, 9.17) is 9.84 Å². The van der Waals surface area contributed by atoms with Gasteiger partial charge >= 0.3 is 11.9 Å². The molecule has 0 saturated heterocycles. The molecule has 0 aromatic heterocycles. The van der Waals surface area contributed by atoms with Crippen molar-refractivity contribution < 1.29 is 19.4 Å². The molecule has 1 saturated carbocycles. The molecule has 24 heavy (non-hydrogen) atoms. The number of aliphatic carboxylic acids is 1. The summed E-state index contributed by atoms with van der Waals surface area (Å²) >= 11 is 0. The number of hydrogen-bond donors (Lipinski definition) is 1. The van der Waals surface area contributed by atoms with E-state index < -0.39 is 5.97 Å². The Kier molecular flexibility index (Phi) is 10.0. The van der Waals surface area contributed by atoms with Crippen LogP contribution in [0.25, 0.3) is 0 Å². The van der Waals surface area contributed by atoms with Crippen LogP contribution in [0.5, 0.6) is 0 Å². The van der Waals surface area contributed by atoms with Gasteiger partial charge in [0, 0.05) is 0 Å². The van der Waals surface area contributed by atoms with Crippen molar-refractivity contribution >= 4 is 11.9 Å². The molecule has 0 aromatic rings. The Bertz CT molecular complexity index is 372. The van der Waals surface area contributed by atoms with E-state index in [9.17, 15) is 9.59 Å². The molecular formula is C20H36O4. The first kappa shape index (κ1) is 21.0. The summed E-state index contributed by atoms with van der Waals surface area (Å²) in [5, 5.41) is 9.08. The predicted molar refractivity (Wildman–Crippen MR) is 95.8 cm³/mol. The summed E-state index contributed by atoms with van der Waals surface area (Å²) in [6.07, 6.45) is 10.2. The largest absolute Gasteiger partial charge is 0.481 e. The van der Waals surface area contributed by atoms with E-state index in [0.29, 0.717) is 31.6 Å². The van der Waals surface area contributed by atoms with Gasteiger partial charge < -0.3 is 9.84 Å². The van der Waals surface area contributed by atoms with E-state index in [0.717, 1.165) is 32.1 Å². The first-order valence-corrected chi connectivity index (χ1v) is 9.96. The van der Waals surface area contributed by atoms with Gasteiger partial charge in [0.1, 0.15) is 6.10 Å². The Balaban J connectivity index is 2.58. The number of hydrogen-bond acceptors (Lipinski definition) is 3. The third-order valence-electron chi connectivity index (χ3n) is 5.50. The van der Waals surface area contributed by atoms with Crippen molar-refractivity contribution in [3.63, 3.8) is 0 Å². The number of esters is 1. The van der Waals surface area contributed by atoms with E-state index in [1.165, 1.54) is 12.8 Å². The van der Waals surface area contributed by atoms with Crippen LogP contribution in [-0.2, 0) is 14.3 Å². The van der Waals surface area contributed by atoms with Crippen molar-refractivity contribution in [3.8, 4) is 0 Å². The summed E-state index contributed by atoms with van der Waals surface area (Å²) in [6, 6.07) is 0. The molecule has 2 atom stereocenters. The fourth-order valence-corrected chi connectivity index (χ4v) is 3.74. The van der Waals surface area contributed by atoms with Gasteiger partial charge in [0.05, 0.1) is 11.8 Å². The Morgan fingerprint density at radius 3 is 2.00 bits per heavy atom. The smallest absolute Gasteiger partial charge is 0.309 e. The number of rotatable bonds is 11. The normalized spacial score (nSPS) is 23.5. The number of carbonyl (C=O) groups is 2. The lowest BCUT2D eigenvalue weighted by atomic mass is 9.82. The van der Waals surface area contributed by atoms with Gasteiger partial charge in [-0.05, 0) is 50.9 Å². The molecular weight excluding hydrogens is 304 g/mol. The van der Waals surface area contributed by atoms with Gasteiger partial charge in [-0.1, -0.05) is 46.5 Å². The molecule has 2 unspecified atom stereocenters. The minimum Gasteiger partial charge on any atom is -0.481 e. The minimum atomic E-state index is -0.728. The van der Waals surface area contributed by atoms with Crippen LogP contribution in [0.15, 0.2) is 0 Å². The number of ether oxygens (including phenoxy) is 1. The molecule has 0 amide bonds. The molecule has 1 aliphatic carbocycles. The second-order valence-electron chi connectivity index (χ2n) is 7.31. The Labute approximate surface area is 147 Å². The van der Waals surface area contributed by atoms with Gasteiger partial charge in [-0.15, -0.1) is 0 Å². The van der Waals surface area contributed by atoms with Gasteiger partial charge in [0.2, 0.25) is 0 Å². The number of carboxylic acid groups (broad SMARTS) is 1. The van der Waals surface area contributed by atoms with Crippen molar-refractivity contribution in [3.05, 3.63) is 0 Å². The maximum absolute atomic E-state index is 12.6. The van der Waals surface area contributed by atoms with Gasteiger partial charge in [-0.3, -0.25) is 9.59 Å². The predicted octanol–water partition coefficient (Wildman–Crippen LogP) is 5.20. The average Bonchev–Trinajstić information content (AvgIpc) is 2.59. The third kappa shape index (κ3) is 6.82. The third-order valence-corrected chi connectivity index (χ3v) is 5.50. The molecule has 0 radical (unpaired) electrons. The van der Waals surface area contributed by atoms with Crippen LogP contribution >= 0.6 is 0 Å². The van der Waals surface area contributed by atoms with E-state index in [2.05, 4.69) is 20.8 Å². The summed E-state index contributed by atoms with van der Waals surface area (Å²) in [7, 11) is 0. The Morgan fingerprint density at radius 2 is 1.50 bits per heavy atom. The SMILES string of the molecule is CCCCC(CC)C(CCCC)OC(=O)C1CCC(C(=O)O)CC1. The lowest BCUT2D eigenvalue weighted by Gasteiger charge is -2.30. The van der Waals surface area contributed by atoms with Crippen LogP contribution in [0.4, 0.5) is 0 Å². The lowest BCUT2D eigenvalue weighted by Crippen LogP contribution is -2.32. The summed E-state index contributed by atoms with van der Waals surface area (Å²) < 4.78 is 5.95. The zero-order valence-corrected chi connectivity index (χ0v) is 15.8. The van der Waals surface area contributed by atoms with Crippen LogP contribution in [-0.4, -0.2) is 23.1 Å². The first-order valence-electron chi connectivity index (χ1n) is 9.96. The van der Waals surface area contributed by atoms with Crippen molar-refractivity contribution in [2.75, 3.05) is 0 Å². The van der Waals surface area contributed by atoms with E-state index in [-0.39, 0.29) is 23.9 Å². The lowest BCUT2D eigenvalue weighted by molar-refractivity contribution is -0.160. The summed E-state index contributed by atoms with van der Waals surface area (Å²) in [5.74, 6) is -0.745. The quantitative estimate of drug-likeness (QED) is 0.525. The van der Waals surface area contributed by atoms with Crippen LogP contribution in [0.1, 0.15) is 91.4 Å². The highest BCUT2D eigenvalue weighted by Gasteiger charge is 2.32. The highest BCUT2D eigenvalue weighted by Crippen LogP contribution is 2.31. The monoisotopic (exact) mass is 340 g/mol. The van der Waals surface area contributed by atoms with Crippen LogP contribution < -0.4 is 0 Å². The van der Waals surface area contributed by atoms with Crippen molar-refractivity contribution in [1.82, 2.24) is 0 Å². The maximum atomic E-state index is 12.6. The van der Waals surface area contributed by atoms with E-state index in [1.807, 2.05) is 0 Å². The van der Waals surface area contributed by atoms with E-state index in [1.54, 1.807) is 0 Å². The molecule has 1 fully saturated rings. The van der Waals surface area contributed by atoms with Gasteiger partial charge in [0.15, 0.2) is 0 Å². The number of carbonyl (C=O) groups excluding carboxylic acids is 1. The summed E-state index contributed by atoms with van der Waals surface area (Å²) in [6.45, 7) is 6.55. The average molecular weight is 341 g/mol. The fraction of sp³-hybridized carbons (Fsp3) is 0.900. The molecule has 1 N–H and O–H groups in total. The molecule has 0 heterocycles. The molecule has 1 rings (SSSR count). The van der Waals surface area contributed by atoms with Gasteiger partial charge in [-0.2, -0.15) is 0 Å². The topological polar surface area (TPSA) is 63.6 Å². The van der Waals surface area contributed by atoms with Crippen molar-refractivity contribution in [1.29, 1.82) is 0 Å². The first-order chi connectivity index (χ1) is 11.5. The van der Waals surface area contributed by atoms with Crippen molar-refractivity contribution in [2.24, 2.45) is 17.8 Å². The highest BCUT2D eigenvalue weighted by molar-refractivity contribution is 5.74. The second kappa shape index (κ2) is 11.5. The Morgan fingerprint density at radius 1 is 0.958 bits per heavy atom. The Hall–Kier alpha value is -1.06. The zero-order valence-electron chi connectivity index (χ0n) is 15.8. The molecule has 140 valence electrons. The molecule has 0 spiro atoms. The molecule has 0 aromatic carbocycles. The number of carboxylic acids is 1.